The van der Waals surface area contributed by atoms with Crippen LogP contribution in [0.25, 0.3) is 22.3 Å². The Balaban J connectivity index is 1.12. The van der Waals surface area contributed by atoms with Crippen LogP contribution in [0.5, 0.6) is 23.0 Å². The van der Waals surface area contributed by atoms with Crippen molar-refractivity contribution >= 4 is 22.9 Å². The standard InChI is InChI=1S/C38H45N3O15/c1-20(2)6-11-24-25(43)16-26(44)30-32(48)37(35(56-36(24)30)21-7-9-23(51-3)10-8-21)55-29(46)13-12-28(45)53-15-5-4-14-52-19-22-17-41(40-39-22)38-34(50)33(49)31(47)27(18-42)54-38/h6-10,16-17,27,31,33-34,38,42-44,47,49-50H,4-5,11-15,18-19H2,1-3H3/t27-,31-,33+,34-,38?/m1/s1. The molecule has 4 aromatic rings. The molecule has 5 rings (SSSR count). The zero-order chi connectivity index (χ0) is 40.5. The summed E-state index contributed by atoms with van der Waals surface area (Å²) in [6.07, 6.45) is -3.25. The second-order valence-corrected chi connectivity index (χ2v) is 13.3. The zero-order valence-corrected chi connectivity index (χ0v) is 31.0. The fraction of sp³-hybridized carbons (Fsp3) is 0.447. The third kappa shape index (κ3) is 9.89. The average molecular weight is 784 g/mol. The van der Waals surface area contributed by atoms with Gasteiger partial charge in [-0.1, -0.05) is 16.9 Å². The number of unbranched alkanes of at least 4 members (excludes halogenated alkanes) is 1. The maximum atomic E-state index is 13.8. The van der Waals surface area contributed by atoms with Gasteiger partial charge in [-0.05, 0) is 57.4 Å². The first kappa shape index (κ1) is 41.8. The lowest BCUT2D eigenvalue weighted by molar-refractivity contribution is -0.254. The number of methoxy groups -OCH3 is 1. The van der Waals surface area contributed by atoms with E-state index in [4.69, 9.17) is 28.1 Å². The summed E-state index contributed by atoms with van der Waals surface area (Å²) in [6, 6.07) is 7.41. The second-order valence-electron chi connectivity index (χ2n) is 13.3. The topological polar surface area (TPSA) is 263 Å². The largest absolute Gasteiger partial charge is 0.507 e. The number of phenolic OH excluding ortho intramolecular Hbond substituents is 2. The Morgan fingerprint density at radius 2 is 1.68 bits per heavy atom. The van der Waals surface area contributed by atoms with Crippen molar-refractivity contribution in [1.82, 2.24) is 15.0 Å². The number of nitrogens with zero attached hydrogens (tertiary/aromatic N) is 3. The molecule has 18 nitrogen and oxygen atoms in total. The Bertz CT molecular complexity index is 2070. The number of aromatic hydroxyl groups is 2. The SMILES string of the molecule is COc1ccc(-c2oc3c(CC=C(C)C)c(O)cc(O)c3c(=O)c2OC(=O)CCC(=O)OCCCCOCc2cn(C3O[C@H](CO)[C@@H](O)[C@H](O)[C@H]3O)nn2)cc1. The van der Waals surface area contributed by atoms with Gasteiger partial charge in [-0.2, -0.15) is 0 Å². The number of phenols is 2. The number of ether oxygens (including phenoxy) is 5. The van der Waals surface area contributed by atoms with E-state index in [1.807, 2.05) is 19.9 Å². The monoisotopic (exact) mass is 783 g/mol. The summed E-state index contributed by atoms with van der Waals surface area (Å²) >= 11 is 0. The summed E-state index contributed by atoms with van der Waals surface area (Å²) in [5, 5.41) is 68.5. The molecule has 0 saturated carbocycles. The molecular weight excluding hydrogens is 738 g/mol. The van der Waals surface area contributed by atoms with Crippen molar-refractivity contribution in [3.05, 3.63) is 69.7 Å². The first-order chi connectivity index (χ1) is 26.8. The van der Waals surface area contributed by atoms with Gasteiger partial charge >= 0.3 is 11.9 Å². The molecule has 56 heavy (non-hydrogen) atoms. The van der Waals surface area contributed by atoms with Gasteiger partial charge in [0.1, 0.15) is 58.3 Å². The highest BCUT2D eigenvalue weighted by atomic mass is 16.6. The zero-order valence-electron chi connectivity index (χ0n) is 31.0. The number of carbonyl (C=O) groups is 2. The summed E-state index contributed by atoms with van der Waals surface area (Å²) in [5.41, 5.74) is 0.978. The number of carbonyl (C=O) groups excluding carboxylic acids is 2. The van der Waals surface area contributed by atoms with Crippen LogP contribution in [-0.2, 0) is 36.8 Å². The van der Waals surface area contributed by atoms with Crippen LogP contribution in [0.15, 0.2) is 57.4 Å². The molecule has 18 heteroatoms. The number of rotatable bonds is 17. The minimum absolute atomic E-state index is 0.0433. The molecule has 1 fully saturated rings. The molecule has 1 unspecified atom stereocenters. The van der Waals surface area contributed by atoms with Gasteiger partial charge in [-0.15, -0.1) is 5.10 Å². The highest BCUT2D eigenvalue weighted by Crippen LogP contribution is 2.39. The van der Waals surface area contributed by atoms with Crippen molar-refractivity contribution in [2.75, 3.05) is 26.9 Å². The van der Waals surface area contributed by atoms with E-state index in [0.29, 0.717) is 29.8 Å². The van der Waals surface area contributed by atoms with Gasteiger partial charge in [-0.3, -0.25) is 14.4 Å². The molecule has 3 heterocycles. The number of fused-ring (bicyclic) bond motifs is 1. The number of hydrogen-bond donors (Lipinski definition) is 6. The van der Waals surface area contributed by atoms with Crippen LogP contribution >= 0.6 is 0 Å². The lowest BCUT2D eigenvalue weighted by Gasteiger charge is -2.39. The molecule has 0 aliphatic carbocycles. The predicted molar refractivity (Wildman–Crippen MR) is 195 cm³/mol. The molecule has 1 aliphatic rings. The lowest BCUT2D eigenvalue weighted by atomic mass is 9.98. The summed E-state index contributed by atoms with van der Waals surface area (Å²) in [4.78, 5) is 39.2. The highest BCUT2D eigenvalue weighted by Gasteiger charge is 2.44. The molecule has 1 aliphatic heterocycles. The van der Waals surface area contributed by atoms with Crippen molar-refractivity contribution in [2.45, 2.75) is 83.2 Å². The van der Waals surface area contributed by atoms with Crippen LogP contribution < -0.4 is 14.9 Å². The molecule has 5 atom stereocenters. The third-order valence-electron chi connectivity index (χ3n) is 8.88. The molecule has 0 spiro atoms. The molecule has 0 bridgehead atoms. The molecular formula is C38H45N3O15. The summed E-state index contributed by atoms with van der Waals surface area (Å²) in [6.45, 7) is 3.51. The Labute approximate surface area is 320 Å². The number of aliphatic hydroxyl groups is 4. The van der Waals surface area contributed by atoms with Crippen molar-refractivity contribution in [3.8, 4) is 34.3 Å². The average Bonchev–Trinajstić information content (AvgIpc) is 3.65. The van der Waals surface area contributed by atoms with Crippen LogP contribution in [0.4, 0.5) is 0 Å². The smallest absolute Gasteiger partial charge is 0.312 e. The van der Waals surface area contributed by atoms with E-state index in [-0.39, 0.29) is 60.7 Å². The molecule has 6 N–H and O–H groups in total. The minimum Gasteiger partial charge on any atom is -0.507 e. The number of allylic oxidation sites excluding steroid dienone is 2. The van der Waals surface area contributed by atoms with Crippen molar-refractivity contribution in [3.63, 3.8) is 0 Å². The lowest BCUT2D eigenvalue weighted by Crippen LogP contribution is -2.56. The van der Waals surface area contributed by atoms with Crippen LogP contribution in [0.1, 0.15) is 57.0 Å². The van der Waals surface area contributed by atoms with E-state index >= 15 is 0 Å². The van der Waals surface area contributed by atoms with Crippen molar-refractivity contribution in [2.24, 2.45) is 0 Å². The van der Waals surface area contributed by atoms with Gasteiger partial charge < -0.3 is 58.7 Å². The summed E-state index contributed by atoms with van der Waals surface area (Å²) in [7, 11) is 1.48. The highest BCUT2D eigenvalue weighted by molar-refractivity contribution is 5.92. The third-order valence-corrected chi connectivity index (χ3v) is 8.88. The van der Waals surface area contributed by atoms with E-state index in [1.54, 1.807) is 24.3 Å². The maximum absolute atomic E-state index is 13.8. The fourth-order valence-electron chi connectivity index (χ4n) is 5.81. The Morgan fingerprint density at radius 1 is 0.964 bits per heavy atom. The normalized spacial score (nSPS) is 19.4. The van der Waals surface area contributed by atoms with Crippen LogP contribution in [0, 0.1) is 0 Å². The first-order valence-corrected chi connectivity index (χ1v) is 17.8. The van der Waals surface area contributed by atoms with Gasteiger partial charge in [0.25, 0.3) is 0 Å². The number of hydrogen-bond acceptors (Lipinski definition) is 17. The second kappa shape index (κ2) is 19.0. The molecule has 2 aromatic carbocycles. The van der Waals surface area contributed by atoms with Crippen LogP contribution in [0.3, 0.4) is 0 Å². The Morgan fingerprint density at radius 3 is 2.38 bits per heavy atom. The molecule has 1 saturated heterocycles. The van der Waals surface area contributed by atoms with Crippen molar-refractivity contribution < 1.29 is 68.3 Å². The fourth-order valence-corrected chi connectivity index (χ4v) is 5.81. The van der Waals surface area contributed by atoms with Crippen LogP contribution in [0.2, 0.25) is 0 Å². The Hall–Kier alpha value is -5.37. The predicted octanol–water partition coefficient (Wildman–Crippen LogP) is 2.18. The molecule has 2 aromatic heterocycles. The maximum Gasteiger partial charge on any atom is 0.312 e. The number of aromatic nitrogens is 3. The summed E-state index contributed by atoms with van der Waals surface area (Å²) < 4.78 is 34.3. The minimum atomic E-state index is -1.56. The van der Waals surface area contributed by atoms with E-state index in [2.05, 4.69) is 10.3 Å². The van der Waals surface area contributed by atoms with Gasteiger partial charge in [0.2, 0.25) is 11.2 Å². The van der Waals surface area contributed by atoms with E-state index in [0.717, 1.165) is 16.3 Å². The first-order valence-electron chi connectivity index (χ1n) is 17.8. The Kier molecular flexibility index (Phi) is 14.2. The van der Waals surface area contributed by atoms with Gasteiger partial charge in [0.05, 0.1) is 46.0 Å². The molecule has 0 radical (unpaired) electrons. The van der Waals surface area contributed by atoms with E-state index < -0.39 is 72.5 Å². The van der Waals surface area contributed by atoms with Crippen molar-refractivity contribution in [1.29, 1.82) is 0 Å². The number of benzene rings is 2. The van der Waals surface area contributed by atoms with Gasteiger partial charge in [0, 0.05) is 23.8 Å². The molecule has 302 valence electrons. The summed E-state index contributed by atoms with van der Waals surface area (Å²) in [5.74, 6) is -2.59. The van der Waals surface area contributed by atoms with Crippen LogP contribution in [-0.4, -0.2) is 109 Å². The van der Waals surface area contributed by atoms with Gasteiger partial charge in [-0.25, -0.2) is 4.68 Å². The van der Waals surface area contributed by atoms with E-state index in [1.165, 1.54) is 13.3 Å². The number of esters is 2. The van der Waals surface area contributed by atoms with Gasteiger partial charge in [0.15, 0.2) is 12.0 Å². The quantitative estimate of drug-likeness (QED) is 0.0509. The molecule has 0 amide bonds. The number of aliphatic hydroxyl groups excluding tert-OH is 4. The van der Waals surface area contributed by atoms with E-state index in [9.17, 15) is 45.0 Å².